The largest absolute Gasteiger partial charge is 0.308 e. The highest BCUT2D eigenvalue weighted by Gasteiger charge is 2.32. The van der Waals surface area contributed by atoms with Crippen molar-refractivity contribution < 1.29 is 0 Å². The van der Waals surface area contributed by atoms with E-state index in [1.165, 1.54) is 5.56 Å². The van der Waals surface area contributed by atoms with Crippen LogP contribution in [0, 0.1) is 12.3 Å². The lowest BCUT2D eigenvalue weighted by Crippen LogP contribution is -2.45. The van der Waals surface area contributed by atoms with Gasteiger partial charge in [0.05, 0.1) is 27.5 Å². The van der Waals surface area contributed by atoms with Crippen LogP contribution >= 0.6 is 23.2 Å². The molecule has 0 unspecified atom stereocenters. The molecular formula is C18H15Cl2N5. The minimum Gasteiger partial charge on any atom is -0.308 e. The summed E-state index contributed by atoms with van der Waals surface area (Å²) in [5.41, 5.74) is 3.49. The molecule has 4 rings (SSSR count). The second-order valence-corrected chi connectivity index (χ2v) is 6.70. The lowest BCUT2D eigenvalue weighted by atomic mass is 10.1. The molecule has 0 spiro atoms. The summed E-state index contributed by atoms with van der Waals surface area (Å²) in [6.07, 6.45) is 1.65. The number of fused-ring (bicyclic) bond motifs is 1. The van der Waals surface area contributed by atoms with E-state index in [4.69, 9.17) is 28.6 Å². The van der Waals surface area contributed by atoms with Gasteiger partial charge in [0, 0.05) is 5.69 Å². The van der Waals surface area contributed by atoms with Crippen molar-refractivity contribution in [1.82, 2.24) is 10.2 Å². The molecule has 3 aromatic rings. The van der Waals surface area contributed by atoms with Gasteiger partial charge in [-0.2, -0.15) is 5.10 Å². The van der Waals surface area contributed by atoms with Gasteiger partial charge >= 0.3 is 0 Å². The summed E-state index contributed by atoms with van der Waals surface area (Å²) in [5.74, 6) is 1.09. The second-order valence-electron chi connectivity index (χ2n) is 5.88. The van der Waals surface area contributed by atoms with Gasteiger partial charge in [0.1, 0.15) is 18.3 Å². The average molecular weight is 372 g/mol. The molecule has 25 heavy (non-hydrogen) atoms. The van der Waals surface area contributed by atoms with E-state index >= 15 is 0 Å². The number of rotatable bonds is 2. The summed E-state index contributed by atoms with van der Waals surface area (Å²) < 4.78 is 0. The van der Waals surface area contributed by atoms with Crippen LogP contribution in [0.2, 0.25) is 10.0 Å². The van der Waals surface area contributed by atoms with Crippen LogP contribution in [0.25, 0.3) is 0 Å². The molecule has 0 amide bonds. The summed E-state index contributed by atoms with van der Waals surface area (Å²) in [6.45, 7) is 2.44. The van der Waals surface area contributed by atoms with Crippen molar-refractivity contribution in [3.8, 4) is 0 Å². The van der Waals surface area contributed by atoms with Gasteiger partial charge in [-0.15, -0.1) is 0 Å². The molecule has 2 aromatic carbocycles. The third kappa shape index (κ3) is 2.65. The number of hydrogen-bond acceptors (Lipinski definition) is 3. The maximum absolute atomic E-state index is 8.57. The van der Waals surface area contributed by atoms with Gasteiger partial charge in [-0.1, -0.05) is 47.0 Å². The Kier molecular flexibility index (Phi) is 3.90. The topological polar surface area (TPSA) is 59.0 Å². The Balaban J connectivity index is 1.85. The normalized spacial score (nSPS) is 14.0. The highest BCUT2D eigenvalue weighted by atomic mass is 35.5. The summed E-state index contributed by atoms with van der Waals surface area (Å²) in [7, 11) is 0. The smallest absolute Gasteiger partial charge is 0.141 e. The fourth-order valence-electron chi connectivity index (χ4n) is 2.95. The number of anilines is 3. The molecule has 2 heterocycles. The lowest BCUT2D eigenvalue weighted by Gasteiger charge is -2.38. The average Bonchev–Trinajstić information content (AvgIpc) is 3.08. The molecule has 0 saturated carbocycles. The van der Waals surface area contributed by atoms with E-state index in [0.29, 0.717) is 39.6 Å². The van der Waals surface area contributed by atoms with Gasteiger partial charge in [0.15, 0.2) is 0 Å². The summed E-state index contributed by atoms with van der Waals surface area (Å²) in [4.78, 5) is 3.85. The quantitative estimate of drug-likeness (QED) is 0.668. The summed E-state index contributed by atoms with van der Waals surface area (Å²) >= 11 is 12.8. The van der Waals surface area contributed by atoms with Gasteiger partial charge in [0.2, 0.25) is 0 Å². The summed E-state index contributed by atoms with van der Waals surface area (Å²) in [5, 5.41) is 16.7. The zero-order valence-corrected chi connectivity index (χ0v) is 14.9. The lowest BCUT2D eigenvalue weighted by molar-refractivity contribution is 0.893. The van der Waals surface area contributed by atoms with Gasteiger partial charge < -0.3 is 9.80 Å². The third-order valence-corrected chi connectivity index (χ3v) is 4.86. The van der Waals surface area contributed by atoms with Crippen LogP contribution in [-0.4, -0.2) is 22.7 Å². The van der Waals surface area contributed by atoms with Crippen LogP contribution in [0.1, 0.15) is 11.1 Å². The minimum absolute atomic E-state index is 0.382. The number of nitrogens with one attached hydrogen (secondary N) is 2. The number of aromatic amines is 1. The van der Waals surface area contributed by atoms with Crippen LogP contribution < -0.4 is 9.80 Å². The number of benzene rings is 2. The van der Waals surface area contributed by atoms with E-state index in [-0.39, 0.29) is 0 Å². The molecule has 0 bridgehead atoms. The number of halogens is 2. The molecular weight excluding hydrogens is 357 g/mol. The highest BCUT2D eigenvalue weighted by Crippen LogP contribution is 2.41. The molecule has 0 saturated heterocycles. The van der Waals surface area contributed by atoms with Gasteiger partial charge in [0.25, 0.3) is 0 Å². The Labute approximate surface area is 155 Å². The maximum atomic E-state index is 8.57. The molecule has 1 aromatic heterocycles. The zero-order chi connectivity index (χ0) is 17.6. The van der Waals surface area contributed by atoms with Crippen molar-refractivity contribution in [3.05, 3.63) is 69.8 Å². The molecule has 0 radical (unpaired) electrons. The fourth-order valence-corrected chi connectivity index (χ4v) is 3.55. The molecule has 1 aliphatic heterocycles. The Morgan fingerprint density at radius 1 is 1.04 bits per heavy atom. The van der Waals surface area contributed by atoms with Crippen molar-refractivity contribution in [2.24, 2.45) is 0 Å². The Morgan fingerprint density at radius 2 is 1.72 bits per heavy atom. The van der Waals surface area contributed by atoms with Crippen LogP contribution in [-0.2, 0) is 0 Å². The predicted octanol–water partition coefficient (Wildman–Crippen LogP) is 4.97. The van der Waals surface area contributed by atoms with Gasteiger partial charge in [-0.25, -0.2) is 0 Å². The monoisotopic (exact) mass is 371 g/mol. The van der Waals surface area contributed by atoms with Gasteiger partial charge in [-0.3, -0.25) is 10.5 Å². The fraction of sp³-hybridized carbons (Fsp3) is 0.111. The first kappa shape index (κ1) is 16.0. The molecule has 0 atom stereocenters. The van der Waals surface area contributed by atoms with E-state index in [9.17, 15) is 0 Å². The molecule has 0 aliphatic carbocycles. The first-order valence-corrected chi connectivity index (χ1v) is 8.50. The van der Waals surface area contributed by atoms with Crippen LogP contribution in [0.4, 0.5) is 17.2 Å². The van der Waals surface area contributed by atoms with Crippen LogP contribution in [0.15, 0.2) is 48.7 Å². The Bertz CT molecular complexity index is 928. The van der Waals surface area contributed by atoms with E-state index < -0.39 is 0 Å². The SMILES string of the molecule is Cc1ccc(N2CN(c3c(Cl)cccc3Cl)c3[nH]ncc3C2=N)cc1. The molecule has 5 nitrogen and oxygen atoms in total. The Morgan fingerprint density at radius 3 is 2.40 bits per heavy atom. The first-order chi connectivity index (χ1) is 12.1. The molecule has 2 N–H and O–H groups in total. The van der Waals surface area contributed by atoms with Gasteiger partial charge in [-0.05, 0) is 31.2 Å². The van der Waals surface area contributed by atoms with E-state index in [1.807, 2.05) is 47.1 Å². The van der Waals surface area contributed by atoms with Crippen molar-refractivity contribution in [2.45, 2.75) is 6.92 Å². The number of nitrogens with zero attached hydrogens (tertiary/aromatic N) is 3. The van der Waals surface area contributed by atoms with Crippen molar-refractivity contribution in [3.63, 3.8) is 0 Å². The minimum atomic E-state index is 0.382. The predicted molar refractivity (Wildman–Crippen MR) is 103 cm³/mol. The zero-order valence-electron chi connectivity index (χ0n) is 13.4. The maximum Gasteiger partial charge on any atom is 0.141 e. The van der Waals surface area contributed by atoms with Crippen LogP contribution in [0.5, 0.6) is 0 Å². The number of aromatic nitrogens is 2. The van der Waals surface area contributed by atoms with Crippen molar-refractivity contribution in [2.75, 3.05) is 16.5 Å². The highest BCUT2D eigenvalue weighted by molar-refractivity contribution is 6.39. The standard InChI is InChI=1S/C18H15Cl2N5/c1-11-5-7-12(8-6-11)24-10-25(16-14(19)3-2-4-15(16)20)18-13(17(24)21)9-22-23-18/h2-9,21H,10H2,1H3,(H,22,23). The molecule has 126 valence electrons. The molecule has 0 fully saturated rings. The van der Waals surface area contributed by atoms with Crippen molar-refractivity contribution >= 4 is 46.2 Å². The Hall–Kier alpha value is -2.50. The number of aryl methyl sites for hydroxylation is 1. The number of para-hydroxylation sites is 1. The molecule has 7 heteroatoms. The number of hydrogen-bond donors (Lipinski definition) is 2. The van der Waals surface area contributed by atoms with E-state index in [0.717, 1.165) is 5.69 Å². The molecule has 1 aliphatic rings. The van der Waals surface area contributed by atoms with E-state index in [1.54, 1.807) is 18.3 Å². The third-order valence-electron chi connectivity index (χ3n) is 4.25. The number of H-pyrrole nitrogens is 1. The van der Waals surface area contributed by atoms with Crippen LogP contribution in [0.3, 0.4) is 0 Å². The second kappa shape index (κ2) is 6.10. The summed E-state index contributed by atoms with van der Waals surface area (Å²) in [6, 6.07) is 13.5. The van der Waals surface area contributed by atoms with Crippen molar-refractivity contribution in [1.29, 1.82) is 5.41 Å². The first-order valence-electron chi connectivity index (χ1n) is 7.74. The number of amidine groups is 1. The van der Waals surface area contributed by atoms with E-state index in [2.05, 4.69) is 10.2 Å².